The van der Waals surface area contributed by atoms with Gasteiger partial charge in [-0.2, -0.15) is 5.10 Å². The highest BCUT2D eigenvalue weighted by Gasteiger charge is 2.27. The van der Waals surface area contributed by atoms with Crippen molar-refractivity contribution in [2.75, 3.05) is 24.6 Å². The van der Waals surface area contributed by atoms with Crippen LogP contribution in [0.15, 0.2) is 42.7 Å². The second-order valence-electron chi connectivity index (χ2n) is 10.7. The Kier molecular flexibility index (Phi) is 9.00. The van der Waals surface area contributed by atoms with Crippen molar-refractivity contribution in [3.63, 3.8) is 0 Å². The van der Waals surface area contributed by atoms with E-state index < -0.39 is 35.9 Å². The molecule has 2 amide bonds. The number of aromatic nitrogens is 3. The molecule has 210 valence electrons. The zero-order valence-corrected chi connectivity index (χ0v) is 23.1. The summed E-state index contributed by atoms with van der Waals surface area (Å²) in [5.41, 5.74) is 0.477. The summed E-state index contributed by atoms with van der Waals surface area (Å²) in [6, 6.07) is 8.84. The lowest BCUT2D eigenvalue weighted by Gasteiger charge is -2.25. The average molecular weight is 542 g/mol. The van der Waals surface area contributed by atoms with Crippen molar-refractivity contribution in [1.82, 2.24) is 19.9 Å². The van der Waals surface area contributed by atoms with Crippen molar-refractivity contribution < 1.29 is 33.7 Å². The van der Waals surface area contributed by atoms with Crippen LogP contribution in [0.1, 0.15) is 48.0 Å². The standard InChI is InChI=1S/C27H35N5O7/c1-26(2,3)38-24(35)28-12-8-14-37-19-10-7-9-18(15-19)20-16-29-32-13-11-21(30-23(20)32)31(17-22(33)34)25(36)39-27(4,5)6/h7,9-11,13,15-16H,8,12,14,17H2,1-6H3,(H,28,35)(H,33,34). The van der Waals surface area contributed by atoms with E-state index in [4.69, 9.17) is 14.2 Å². The van der Waals surface area contributed by atoms with Gasteiger partial charge in [-0.15, -0.1) is 0 Å². The first-order valence-corrected chi connectivity index (χ1v) is 12.5. The van der Waals surface area contributed by atoms with Crippen molar-refractivity contribution in [1.29, 1.82) is 0 Å². The predicted molar refractivity (Wildman–Crippen MR) is 144 cm³/mol. The molecule has 3 rings (SSSR count). The Morgan fingerprint density at radius 2 is 1.77 bits per heavy atom. The third-order valence-electron chi connectivity index (χ3n) is 4.94. The highest BCUT2D eigenvalue weighted by Crippen LogP contribution is 2.28. The van der Waals surface area contributed by atoms with E-state index in [2.05, 4.69) is 15.4 Å². The van der Waals surface area contributed by atoms with Gasteiger partial charge in [0.05, 0.1) is 12.8 Å². The van der Waals surface area contributed by atoms with Crippen LogP contribution in [-0.2, 0) is 14.3 Å². The number of rotatable bonds is 9. The van der Waals surface area contributed by atoms with Crippen LogP contribution in [-0.4, -0.2) is 68.8 Å². The van der Waals surface area contributed by atoms with Gasteiger partial charge in [0.15, 0.2) is 5.65 Å². The molecule has 0 radical (unpaired) electrons. The van der Waals surface area contributed by atoms with Gasteiger partial charge in [0.1, 0.15) is 29.3 Å². The first-order valence-electron chi connectivity index (χ1n) is 12.5. The monoisotopic (exact) mass is 541 g/mol. The quantitative estimate of drug-likeness (QED) is 0.374. The van der Waals surface area contributed by atoms with Crippen LogP contribution in [0.3, 0.4) is 0 Å². The van der Waals surface area contributed by atoms with Gasteiger partial charge in [-0.1, -0.05) is 12.1 Å². The number of benzene rings is 1. The molecule has 1 aromatic carbocycles. The summed E-state index contributed by atoms with van der Waals surface area (Å²) in [5, 5.41) is 16.4. The number of hydrogen-bond donors (Lipinski definition) is 2. The number of carboxylic acid groups (broad SMARTS) is 1. The number of aliphatic carboxylic acids is 1. The molecule has 0 aliphatic rings. The number of anilines is 1. The van der Waals surface area contributed by atoms with E-state index in [1.165, 1.54) is 10.6 Å². The van der Waals surface area contributed by atoms with Gasteiger partial charge in [-0.3, -0.25) is 9.69 Å². The van der Waals surface area contributed by atoms with E-state index in [-0.39, 0.29) is 5.82 Å². The molecule has 0 fully saturated rings. The first-order chi connectivity index (χ1) is 18.2. The number of carboxylic acids is 1. The summed E-state index contributed by atoms with van der Waals surface area (Å²) >= 11 is 0. The van der Waals surface area contributed by atoms with Crippen LogP contribution in [0.2, 0.25) is 0 Å². The molecular formula is C27H35N5O7. The van der Waals surface area contributed by atoms with Gasteiger partial charge in [0, 0.05) is 18.3 Å². The number of ether oxygens (including phenoxy) is 3. The van der Waals surface area contributed by atoms with Crippen LogP contribution in [0, 0.1) is 0 Å². The van der Waals surface area contributed by atoms with Crippen molar-refractivity contribution in [3.8, 4) is 16.9 Å². The molecule has 0 atom stereocenters. The summed E-state index contributed by atoms with van der Waals surface area (Å²) < 4.78 is 18.0. The van der Waals surface area contributed by atoms with Crippen molar-refractivity contribution in [2.24, 2.45) is 0 Å². The van der Waals surface area contributed by atoms with Crippen LogP contribution in [0.25, 0.3) is 16.8 Å². The summed E-state index contributed by atoms with van der Waals surface area (Å²) in [5.74, 6) is -0.477. The third kappa shape index (κ3) is 8.87. The second kappa shape index (κ2) is 12.0. The Labute approximate surface area is 226 Å². The minimum absolute atomic E-state index is 0.116. The van der Waals surface area contributed by atoms with Gasteiger partial charge < -0.3 is 24.6 Å². The molecule has 3 aromatic rings. The lowest BCUT2D eigenvalue weighted by atomic mass is 10.1. The van der Waals surface area contributed by atoms with Gasteiger partial charge in [-0.25, -0.2) is 19.1 Å². The maximum absolute atomic E-state index is 12.7. The summed E-state index contributed by atoms with van der Waals surface area (Å²) in [7, 11) is 0. The van der Waals surface area contributed by atoms with Crippen LogP contribution < -0.4 is 15.0 Å². The largest absolute Gasteiger partial charge is 0.494 e. The Hall–Kier alpha value is -4.35. The Morgan fingerprint density at radius 3 is 2.44 bits per heavy atom. The minimum Gasteiger partial charge on any atom is -0.494 e. The predicted octanol–water partition coefficient (Wildman–Crippen LogP) is 4.52. The number of alkyl carbamates (subject to hydrolysis) is 1. The van der Waals surface area contributed by atoms with Crippen molar-refractivity contribution >= 4 is 29.6 Å². The SMILES string of the molecule is CC(C)(C)OC(=O)NCCCOc1cccc(-c2cnn3ccc(N(CC(=O)O)C(=O)OC(C)(C)C)nc23)c1. The van der Waals surface area contributed by atoms with E-state index in [1.54, 1.807) is 53.9 Å². The molecule has 0 bridgehead atoms. The van der Waals surface area contributed by atoms with Crippen LogP contribution >= 0.6 is 0 Å². The lowest BCUT2D eigenvalue weighted by molar-refractivity contribution is -0.135. The van der Waals surface area contributed by atoms with Crippen molar-refractivity contribution in [3.05, 3.63) is 42.7 Å². The zero-order valence-electron chi connectivity index (χ0n) is 23.1. The number of nitrogens with zero attached hydrogens (tertiary/aromatic N) is 4. The van der Waals surface area contributed by atoms with Crippen molar-refractivity contribution in [2.45, 2.75) is 59.2 Å². The molecule has 0 unspecified atom stereocenters. The molecular weight excluding hydrogens is 506 g/mol. The molecule has 0 aliphatic heterocycles. The number of nitrogens with one attached hydrogen (secondary N) is 1. The molecule has 0 saturated heterocycles. The number of fused-ring (bicyclic) bond motifs is 1. The van der Waals surface area contributed by atoms with Crippen LogP contribution in [0.5, 0.6) is 5.75 Å². The summed E-state index contributed by atoms with van der Waals surface area (Å²) in [6.45, 7) is 10.7. The molecule has 0 saturated carbocycles. The fraction of sp³-hybridized carbons (Fsp3) is 0.444. The van der Waals surface area contributed by atoms with Gasteiger partial charge >= 0.3 is 18.2 Å². The number of amides is 2. The lowest BCUT2D eigenvalue weighted by Crippen LogP contribution is -2.40. The van der Waals surface area contributed by atoms with Gasteiger partial charge in [0.2, 0.25) is 0 Å². The van der Waals surface area contributed by atoms with E-state index in [9.17, 15) is 19.5 Å². The smallest absolute Gasteiger partial charge is 0.416 e. The fourth-order valence-corrected chi connectivity index (χ4v) is 3.42. The Bertz CT molecular complexity index is 1320. The molecule has 0 spiro atoms. The van der Waals surface area contributed by atoms with Crippen LogP contribution in [0.4, 0.5) is 15.4 Å². The molecule has 39 heavy (non-hydrogen) atoms. The van der Waals surface area contributed by atoms with Gasteiger partial charge in [0.25, 0.3) is 0 Å². The van der Waals surface area contributed by atoms with E-state index in [0.29, 0.717) is 36.5 Å². The number of carbonyl (C=O) groups is 3. The first kappa shape index (κ1) is 29.2. The molecule has 12 nitrogen and oxygen atoms in total. The maximum atomic E-state index is 12.7. The molecule has 12 heteroatoms. The zero-order chi connectivity index (χ0) is 28.8. The summed E-state index contributed by atoms with van der Waals surface area (Å²) in [6.07, 6.45) is 2.51. The van der Waals surface area contributed by atoms with E-state index >= 15 is 0 Å². The highest BCUT2D eigenvalue weighted by molar-refractivity contribution is 5.92. The molecule has 2 heterocycles. The van der Waals surface area contributed by atoms with Gasteiger partial charge in [-0.05, 0) is 71.7 Å². The third-order valence-corrected chi connectivity index (χ3v) is 4.94. The van der Waals surface area contributed by atoms with E-state index in [1.807, 2.05) is 24.3 Å². The maximum Gasteiger partial charge on any atom is 0.416 e. The topological polar surface area (TPSA) is 145 Å². The fourth-order valence-electron chi connectivity index (χ4n) is 3.42. The molecule has 2 aromatic heterocycles. The normalized spacial score (nSPS) is 11.6. The average Bonchev–Trinajstić information content (AvgIpc) is 3.23. The van der Waals surface area contributed by atoms with E-state index in [0.717, 1.165) is 10.5 Å². The Morgan fingerprint density at radius 1 is 1.05 bits per heavy atom. The molecule has 0 aliphatic carbocycles. The molecule has 2 N–H and O–H groups in total. The second-order valence-corrected chi connectivity index (χ2v) is 10.7. The Balaban J connectivity index is 1.74. The minimum atomic E-state index is -1.21. The highest BCUT2D eigenvalue weighted by atomic mass is 16.6. The summed E-state index contributed by atoms with van der Waals surface area (Å²) in [4.78, 5) is 41.5. The number of carbonyl (C=O) groups excluding carboxylic acids is 2. The number of hydrogen-bond acceptors (Lipinski definition) is 8.